The molecule has 204 valence electrons. The maximum Gasteiger partial charge on any atom is 0.406 e. The van der Waals surface area contributed by atoms with E-state index in [9.17, 15) is 22.8 Å². The monoisotopic (exact) mass is 576 g/mol. The highest BCUT2D eigenvalue weighted by Gasteiger charge is 2.40. The van der Waals surface area contributed by atoms with Gasteiger partial charge in [-0.2, -0.15) is 13.2 Å². The first-order valence-electron chi connectivity index (χ1n) is 12.5. The van der Waals surface area contributed by atoms with Gasteiger partial charge in [0.25, 0.3) is 5.56 Å². The molecule has 6 rings (SSSR count). The first-order chi connectivity index (χ1) is 18.6. The predicted molar refractivity (Wildman–Crippen MR) is 144 cm³/mol. The average molecular weight is 577 g/mol. The van der Waals surface area contributed by atoms with Gasteiger partial charge in [-0.25, -0.2) is 4.79 Å². The molecule has 3 aromatic heterocycles. The zero-order chi connectivity index (χ0) is 27.5. The second-order valence-electron chi connectivity index (χ2n) is 10.1. The lowest BCUT2D eigenvalue weighted by Gasteiger charge is -2.26. The fourth-order valence-corrected chi connectivity index (χ4v) is 6.96. The minimum Gasteiger partial charge on any atom is -0.488 e. The third kappa shape index (κ3) is 5.10. The van der Waals surface area contributed by atoms with Gasteiger partial charge in [-0.05, 0) is 49.7 Å². The van der Waals surface area contributed by atoms with Gasteiger partial charge in [-0.3, -0.25) is 23.8 Å². The van der Waals surface area contributed by atoms with Crippen molar-refractivity contribution in [1.82, 2.24) is 19.0 Å². The molecule has 3 unspecified atom stereocenters. The molecule has 4 aromatic rings. The molecule has 39 heavy (non-hydrogen) atoms. The van der Waals surface area contributed by atoms with Crippen LogP contribution in [0.4, 0.5) is 13.2 Å². The van der Waals surface area contributed by atoms with Crippen molar-refractivity contribution < 1.29 is 17.9 Å². The minimum absolute atomic E-state index is 0.0948. The van der Waals surface area contributed by atoms with E-state index in [-0.39, 0.29) is 12.6 Å². The maximum atomic E-state index is 12.9. The molecular weight excluding hydrogens is 553 g/mol. The molecule has 2 bridgehead atoms. The number of alkyl halides is 3. The number of hydrogen-bond acceptors (Lipinski definition) is 6. The number of rotatable bonds is 6. The summed E-state index contributed by atoms with van der Waals surface area (Å²) >= 11 is 7.81. The van der Waals surface area contributed by atoms with Gasteiger partial charge >= 0.3 is 11.9 Å². The summed E-state index contributed by atoms with van der Waals surface area (Å²) in [5.74, 6) is 1.25. The van der Waals surface area contributed by atoms with E-state index < -0.39 is 24.0 Å². The highest BCUT2D eigenvalue weighted by molar-refractivity contribution is 7.19. The molecule has 2 aliphatic rings. The fraction of sp³-hybridized carbons (Fsp3) is 0.370. The third-order valence-electron chi connectivity index (χ3n) is 7.34. The van der Waals surface area contributed by atoms with Gasteiger partial charge < -0.3 is 4.74 Å². The zero-order valence-corrected chi connectivity index (χ0v) is 22.4. The molecule has 2 fully saturated rings. The average Bonchev–Trinajstić information content (AvgIpc) is 3.59. The molecule has 12 heteroatoms. The summed E-state index contributed by atoms with van der Waals surface area (Å²) in [7, 11) is 0. The number of aryl methyl sites for hydroxylation is 1. The lowest BCUT2D eigenvalue weighted by Crippen LogP contribution is -2.41. The Kier molecular flexibility index (Phi) is 6.55. The number of hydrogen-bond donors (Lipinski definition) is 0. The van der Waals surface area contributed by atoms with Crippen LogP contribution in [0.2, 0.25) is 5.02 Å². The van der Waals surface area contributed by atoms with Crippen LogP contribution in [0.25, 0.3) is 21.3 Å². The van der Waals surface area contributed by atoms with E-state index in [0.29, 0.717) is 25.9 Å². The number of piperidine rings is 1. The summed E-state index contributed by atoms with van der Waals surface area (Å²) in [6.07, 6.45) is -0.841. The standard InChI is InChI=1S/C27H24ClF3N4O3S/c1-15-8-17(28)9-20(24(15)38-22-13-33-6-3-16(22)11-33)19-2-5-32-21-10-18(39-25(19)21)12-35-23(36)4-7-34(26(35)37)14-27(29,30)31/h2,4-5,7-10,16,22H,3,6,11-14H2,1H3. The summed E-state index contributed by atoms with van der Waals surface area (Å²) in [6.45, 7) is 3.35. The van der Waals surface area contributed by atoms with Crippen LogP contribution in [0.15, 0.2) is 52.3 Å². The first kappa shape index (κ1) is 26.1. The van der Waals surface area contributed by atoms with Crippen molar-refractivity contribution in [1.29, 1.82) is 0 Å². The second kappa shape index (κ2) is 9.79. The Labute approximate surface area is 230 Å². The molecule has 5 heterocycles. The molecule has 0 radical (unpaired) electrons. The first-order valence-corrected chi connectivity index (χ1v) is 13.7. The topological polar surface area (TPSA) is 69.4 Å². The molecule has 0 saturated carbocycles. The minimum atomic E-state index is -4.59. The van der Waals surface area contributed by atoms with Crippen LogP contribution in [0.3, 0.4) is 0 Å². The van der Waals surface area contributed by atoms with Crippen LogP contribution in [0.1, 0.15) is 16.9 Å². The maximum absolute atomic E-state index is 12.9. The lowest BCUT2D eigenvalue weighted by atomic mass is 10.00. The van der Waals surface area contributed by atoms with Gasteiger partial charge in [-0.15, -0.1) is 11.3 Å². The number of nitrogens with zero attached hydrogens (tertiary/aromatic N) is 4. The number of ether oxygens (including phenoxy) is 1. The Hall–Kier alpha value is -3.15. The molecule has 2 saturated heterocycles. The Bertz CT molecular complexity index is 1700. The summed E-state index contributed by atoms with van der Waals surface area (Å²) in [5.41, 5.74) is 1.53. The molecule has 0 spiro atoms. The molecular formula is C27H24ClF3N4O3S. The molecule has 7 nitrogen and oxygen atoms in total. The third-order valence-corrected chi connectivity index (χ3v) is 8.70. The summed E-state index contributed by atoms with van der Waals surface area (Å²) in [5, 5.41) is 0.564. The van der Waals surface area contributed by atoms with E-state index in [1.807, 2.05) is 25.1 Å². The SMILES string of the molecule is Cc1cc(Cl)cc(-c2ccnc3cc(Cn4c(=O)ccn(CC(F)(F)F)c4=O)sc23)c1OC1CN2CCC1C2. The highest BCUT2D eigenvalue weighted by atomic mass is 35.5. The van der Waals surface area contributed by atoms with Crippen LogP contribution in [-0.2, 0) is 13.1 Å². The van der Waals surface area contributed by atoms with Crippen LogP contribution in [0, 0.1) is 12.8 Å². The van der Waals surface area contributed by atoms with Crippen molar-refractivity contribution in [3.8, 4) is 16.9 Å². The summed E-state index contributed by atoms with van der Waals surface area (Å²) in [6, 6.07) is 8.32. The van der Waals surface area contributed by atoms with Crippen LogP contribution >= 0.6 is 22.9 Å². The highest BCUT2D eigenvalue weighted by Crippen LogP contribution is 2.43. The number of halogens is 4. The van der Waals surface area contributed by atoms with Crippen molar-refractivity contribution >= 4 is 33.2 Å². The number of aromatic nitrogens is 3. The van der Waals surface area contributed by atoms with Gasteiger partial charge in [0.1, 0.15) is 18.4 Å². The number of pyridine rings is 1. The largest absolute Gasteiger partial charge is 0.488 e. The zero-order valence-electron chi connectivity index (χ0n) is 20.9. The van der Waals surface area contributed by atoms with Crippen molar-refractivity contribution in [2.45, 2.75) is 38.7 Å². The van der Waals surface area contributed by atoms with E-state index in [4.69, 9.17) is 16.3 Å². The van der Waals surface area contributed by atoms with Crippen molar-refractivity contribution in [3.63, 3.8) is 0 Å². The molecule has 0 N–H and O–H groups in total. The molecule has 2 aliphatic heterocycles. The van der Waals surface area contributed by atoms with Gasteiger partial charge in [0.15, 0.2) is 0 Å². The predicted octanol–water partition coefficient (Wildman–Crippen LogP) is 4.94. The smallest absolute Gasteiger partial charge is 0.406 e. The Balaban J connectivity index is 1.39. The molecule has 1 aromatic carbocycles. The Morgan fingerprint density at radius 3 is 2.69 bits per heavy atom. The quantitative estimate of drug-likeness (QED) is 0.325. The summed E-state index contributed by atoms with van der Waals surface area (Å²) < 4.78 is 47.4. The van der Waals surface area contributed by atoms with Crippen molar-refractivity contribution in [2.24, 2.45) is 5.92 Å². The Morgan fingerprint density at radius 2 is 1.97 bits per heavy atom. The number of fused-ring (bicyclic) bond motifs is 3. The number of thiophene rings is 1. The molecule has 0 amide bonds. The van der Waals surface area contributed by atoms with Gasteiger partial charge in [0.05, 0.1) is 16.8 Å². The van der Waals surface area contributed by atoms with Crippen molar-refractivity contribution in [2.75, 3.05) is 19.6 Å². The van der Waals surface area contributed by atoms with Crippen LogP contribution in [-0.4, -0.2) is 50.9 Å². The van der Waals surface area contributed by atoms with E-state index >= 15 is 0 Å². The van der Waals surface area contributed by atoms with E-state index in [0.717, 1.165) is 70.0 Å². The summed E-state index contributed by atoms with van der Waals surface area (Å²) in [4.78, 5) is 32.6. The fourth-order valence-electron chi connectivity index (χ4n) is 5.56. The van der Waals surface area contributed by atoms with E-state index in [1.165, 1.54) is 11.3 Å². The Morgan fingerprint density at radius 1 is 1.15 bits per heavy atom. The van der Waals surface area contributed by atoms with E-state index in [1.54, 1.807) is 12.3 Å². The normalized spacial score (nSPS) is 20.7. The lowest BCUT2D eigenvalue weighted by molar-refractivity contribution is -0.141. The van der Waals surface area contributed by atoms with Gasteiger partial charge in [-0.1, -0.05) is 11.6 Å². The number of benzene rings is 1. The second-order valence-corrected chi connectivity index (χ2v) is 11.7. The van der Waals surface area contributed by atoms with Crippen LogP contribution < -0.4 is 16.0 Å². The molecule has 0 aliphatic carbocycles. The van der Waals surface area contributed by atoms with Gasteiger partial charge in [0.2, 0.25) is 0 Å². The van der Waals surface area contributed by atoms with Gasteiger partial charge in [0, 0.05) is 58.5 Å². The van der Waals surface area contributed by atoms with Crippen molar-refractivity contribution in [3.05, 3.63) is 79.0 Å². The van der Waals surface area contributed by atoms with E-state index in [2.05, 4.69) is 9.88 Å². The van der Waals surface area contributed by atoms with Crippen LogP contribution in [0.5, 0.6) is 5.75 Å². The molecule has 3 atom stereocenters.